The number of aromatic nitrogens is 1. The lowest BCUT2D eigenvalue weighted by Crippen LogP contribution is -2.27. The van der Waals surface area contributed by atoms with Crippen LogP contribution in [0.4, 0.5) is 0 Å². The molecule has 3 aromatic rings. The number of hydrogen-bond donors (Lipinski definition) is 0. The van der Waals surface area contributed by atoms with Crippen LogP contribution < -0.4 is 24.5 Å². The predicted octanol–water partition coefficient (Wildman–Crippen LogP) is 3.01. The van der Waals surface area contributed by atoms with Crippen LogP contribution in [0.25, 0.3) is 22.0 Å². The number of rotatable bonds is 2. The molecule has 1 aromatic heterocycles. The number of methoxy groups -OCH3 is 2. The first-order chi connectivity index (χ1) is 13.2. The Labute approximate surface area is 155 Å². The van der Waals surface area contributed by atoms with E-state index in [0.717, 1.165) is 34.6 Å². The largest absolute Gasteiger partial charge is 0.493 e. The van der Waals surface area contributed by atoms with E-state index in [1.54, 1.807) is 14.2 Å². The van der Waals surface area contributed by atoms with Crippen LogP contribution in [0.3, 0.4) is 0 Å². The molecule has 0 amide bonds. The van der Waals surface area contributed by atoms with Gasteiger partial charge in [-0.15, -0.1) is 0 Å². The zero-order valence-corrected chi connectivity index (χ0v) is 15.2. The second kappa shape index (κ2) is 5.94. The Morgan fingerprint density at radius 2 is 1.78 bits per heavy atom. The van der Waals surface area contributed by atoms with Gasteiger partial charge >= 0.3 is 0 Å². The number of hydrogen-bond acceptors (Lipinski definition) is 5. The standard InChI is InChI=1S/C21H19NO5/c1-24-16-4-3-13-9-15-14-11-18-17(26-7-8-27-18)10-12(14)5-6-22(15)21(23)19(13)20(16)25-2/h3-4,9-11H,5-8H2,1-2H3. The van der Waals surface area contributed by atoms with Crippen molar-refractivity contribution in [1.29, 1.82) is 0 Å². The lowest BCUT2D eigenvalue weighted by atomic mass is 9.95. The molecule has 0 aliphatic carbocycles. The molecule has 5 rings (SSSR count). The van der Waals surface area contributed by atoms with E-state index in [-0.39, 0.29) is 5.56 Å². The lowest BCUT2D eigenvalue weighted by molar-refractivity contribution is 0.171. The van der Waals surface area contributed by atoms with Gasteiger partial charge in [0, 0.05) is 12.1 Å². The highest BCUT2D eigenvalue weighted by Gasteiger charge is 2.24. The fraction of sp³-hybridized carbons (Fsp3) is 0.286. The van der Waals surface area contributed by atoms with Gasteiger partial charge in [0.05, 0.1) is 25.3 Å². The monoisotopic (exact) mass is 365 g/mol. The van der Waals surface area contributed by atoms with E-state index >= 15 is 0 Å². The van der Waals surface area contributed by atoms with Crippen LogP contribution in [0, 0.1) is 0 Å². The highest BCUT2D eigenvalue weighted by molar-refractivity contribution is 5.93. The molecule has 0 radical (unpaired) electrons. The number of fused-ring (bicyclic) bond motifs is 5. The van der Waals surface area contributed by atoms with Gasteiger partial charge in [0.2, 0.25) is 0 Å². The summed E-state index contributed by atoms with van der Waals surface area (Å²) in [4.78, 5) is 13.3. The van der Waals surface area contributed by atoms with Gasteiger partial charge in [-0.05, 0) is 41.6 Å². The van der Waals surface area contributed by atoms with Crippen molar-refractivity contribution in [1.82, 2.24) is 4.57 Å². The zero-order valence-electron chi connectivity index (χ0n) is 15.2. The maximum Gasteiger partial charge on any atom is 0.262 e. The molecule has 0 fully saturated rings. The quantitative estimate of drug-likeness (QED) is 0.699. The highest BCUT2D eigenvalue weighted by atomic mass is 16.6. The van der Waals surface area contributed by atoms with Crippen molar-refractivity contribution in [2.24, 2.45) is 0 Å². The Kier molecular flexibility index (Phi) is 3.53. The maximum absolute atomic E-state index is 13.3. The number of nitrogens with zero attached hydrogens (tertiary/aromatic N) is 1. The normalized spacial score (nSPS) is 14.4. The molecule has 0 saturated carbocycles. The van der Waals surface area contributed by atoms with Crippen molar-refractivity contribution >= 4 is 10.8 Å². The van der Waals surface area contributed by atoms with Crippen LogP contribution >= 0.6 is 0 Å². The van der Waals surface area contributed by atoms with Gasteiger partial charge in [0.1, 0.15) is 13.2 Å². The molecule has 0 bridgehead atoms. The van der Waals surface area contributed by atoms with E-state index in [1.165, 1.54) is 5.56 Å². The maximum atomic E-state index is 13.3. The van der Waals surface area contributed by atoms with Gasteiger partial charge in [-0.3, -0.25) is 4.79 Å². The van der Waals surface area contributed by atoms with Crippen molar-refractivity contribution in [2.75, 3.05) is 27.4 Å². The summed E-state index contributed by atoms with van der Waals surface area (Å²) < 4.78 is 24.1. The summed E-state index contributed by atoms with van der Waals surface area (Å²) in [5.74, 6) is 2.54. The van der Waals surface area contributed by atoms with Crippen LogP contribution in [0.15, 0.2) is 35.1 Å². The molecule has 0 atom stereocenters. The summed E-state index contributed by atoms with van der Waals surface area (Å²) in [5.41, 5.74) is 2.99. The average molecular weight is 365 g/mol. The van der Waals surface area contributed by atoms with Crippen LogP contribution in [-0.2, 0) is 13.0 Å². The minimum absolute atomic E-state index is 0.0706. The third-order valence-corrected chi connectivity index (χ3v) is 5.27. The molecule has 138 valence electrons. The van der Waals surface area contributed by atoms with Gasteiger partial charge in [0.15, 0.2) is 23.0 Å². The van der Waals surface area contributed by atoms with Crippen LogP contribution in [-0.4, -0.2) is 32.0 Å². The van der Waals surface area contributed by atoms with Crippen molar-refractivity contribution in [3.05, 3.63) is 46.2 Å². The van der Waals surface area contributed by atoms with Gasteiger partial charge in [-0.25, -0.2) is 0 Å². The number of aryl methyl sites for hydroxylation is 1. The Balaban J connectivity index is 1.79. The minimum atomic E-state index is -0.0706. The lowest BCUT2D eigenvalue weighted by Gasteiger charge is -2.26. The predicted molar refractivity (Wildman–Crippen MR) is 101 cm³/mol. The summed E-state index contributed by atoms with van der Waals surface area (Å²) in [6.45, 7) is 1.71. The average Bonchev–Trinajstić information content (AvgIpc) is 2.71. The fourth-order valence-electron chi connectivity index (χ4n) is 4.01. The second-order valence-electron chi connectivity index (χ2n) is 6.65. The van der Waals surface area contributed by atoms with Crippen molar-refractivity contribution in [3.8, 4) is 34.3 Å². The van der Waals surface area contributed by atoms with Crippen LogP contribution in [0.2, 0.25) is 0 Å². The summed E-state index contributed by atoms with van der Waals surface area (Å²) in [6, 6.07) is 9.78. The first-order valence-corrected chi connectivity index (χ1v) is 8.92. The van der Waals surface area contributed by atoms with Gasteiger partial charge in [-0.2, -0.15) is 0 Å². The van der Waals surface area contributed by atoms with Crippen molar-refractivity contribution in [2.45, 2.75) is 13.0 Å². The van der Waals surface area contributed by atoms with Crippen molar-refractivity contribution in [3.63, 3.8) is 0 Å². The topological polar surface area (TPSA) is 58.9 Å². The molecule has 6 heteroatoms. The molecular weight excluding hydrogens is 346 g/mol. The van der Waals surface area contributed by atoms with E-state index < -0.39 is 0 Å². The minimum Gasteiger partial charge on any atom is -0.493 e. The summed E-state index contributed by atoms with van der Waals surface area (Å²) in [6.07, 6.45) is 0.761. The SMILES string of the molecule is COc1ccc2cc3n(c(=O)c2c1OC)CCc1cc2c(cc1-3)OCCO2. The second-order valence-corrected chi connectivity index (χ2v) is 6.65. The Morgan fingerprint density at radius 3 is 2.52 bits per heavy atom. The van der Waals surface area contributed by atoms with Gasteiger partial charge < -0.3 is 23.5 Å². The Morgan fingerprint density at radius 1 is 1.00 bits per heavy atom. The Bertz CT molecular complexity index is 1130. The molecule has 0 unspecified atom stereocenters. The number of pyridine rings is 1. The number of benzene rings is 2. The zero-order chi connectivity index (χ0) is 18.5. The summed E-state index contributed by atoms with van der Waals surface area (Å²) in [5, 5.41) is 1.37. The molecule has 2 aliphatic rings. The van der Waals surface area contributed by atoms with E-state index in [2.05, 4.69) is 0 Å². The smallest absolute Gasteiger partial charge is 0.262 e. The molecule has 0 N–H and O–H groups in total. The molecule has 27 heavy (non-hydrogen) atoms. The van der Waals surface area contributed by atoms with E-state index in [9.17, 15) is 4.79 Å². The molecule has 0 spiro atoms. The van der Waals surface area contributed by atoms with E-state index in [4.69, 9.17) is 18.9 Å². The van der Waals surface area contributed by atoms with Crippen LogP contribution in [0.5, 0.6) is 23.0 Å². The fourth-order valence-corrected chi connectivity index (χ4v) is 4.01. The first-order valence-electron chi connectivity index (χ1n) is 8.92. The summed E-state index contributed by atoms with van der Waals surface area (Å²) in [7, 11) is 3.13. The molecule has 6 nitrogen and oxygen atoms in total. The molecular formula is C21H19NO5. The van der Waals surface area contributed by atoms with E-state index in [1.807, 2.05) is 34.9 Å². The first kappa shape index (κ1) is 16.1. The third kappa shape index (κ3) is 2.29. The van der Waals surface area contributed by atoms with Crippen LogP contribution in [0.1, 0.15) is 5.56 Å². The Hall–Kier alpha value is -3.15. The molecule has 0 saturated heterocycles. The third-order valence-electron chi connectivity index (χ3n) is 5.27. The van der Waals surface area contributed by atoms with E-state index in [0.29, 0.717) is 36.6 Å². The molecule has 2 aromatic carbocycles. The molecule has 2 aliphatic heterocycles. The summed E-state index contributed by atoms with van der Waals surface area (Å²) >= 11 is 0. The van der Waals surface area contributed by atoms with Gasteiger partial charge in [0.25, 0.3) is 5.56 Å². The van der Waals surface area contributed by atoms with Crippen molar-refractivity contribution < 1.29 is 18.9 Å². The van der Waals surface area contributed by atoms with Gasteiger partial charge in [-0.1, -0.05) is 6.07 Å². The highest BCUT2D eigenvalue weighted by Crippen LogP contribution is 2.41. The number of ether oxygens (including phenoxy) is 4. The molecule has 3 heterocycles.